The van der Waals surface area contributed by atoms with Gasteiger partial charge in [0, 0.05) is 17.8 Å². The van der Waals surface area contributed by atoms with Gasteiger partial charge in [-0.1, -0.05) is 5.16 Å². The lowest BCUT2D eigenvalue weighted by atomic mass is 10.1. The number of rotatable bonds is 5. The monoisotopic (exact) mass is 344 g/mol. The average Bonchev–Trinajstić information content (AvgIpc) is 3.03. The van der Waals surface area contributed by atoms with Crippen molar-refractivity contribution in [2.24, 2.45) is 0 Å². The molecule has 0 saturated carbocycles. The number of nitrogens with one attached hydrogen (secondary N) is 1. The van der Waals surface area contributed by atoms with Crippen LogP contribution in [-0.2, 0) is 11.2 Å². The summed E-state index contributed by atoms with van der Waals surface area (Å²) in [6.45, 7) is 0. The molecule has 1 heterocycles. The van der Waals surface area contributed by atoms with Gasteiger partial charge in [0.2, 0.25) is 5.91 Å². The summed E-state index contributed by atoms with van der Waals surface area (Å²) < 4.78 is 36.8. The molecule has 3 rings (SSSR count). The molecule has 0 aliphatic rings. The number of halogens is 2. The Bertz CT molecular complexity index is 892. The second-order valence-corrected chi connectivity index (χ2v) is 5.26. The highest BCUT2D eigenvalue weighted by molar-refractivity contribution is 5.92. The number of aromatic nitrogens is 1. The minimum Gasteiger partial charge on any atom is -0.497 e. The Morgan fingerprint density at radius 3 is 2.60 bits per heavy atom. The molecule has 7 heteroatoms. The minimum atomic E-state index is -0.759. The molecule has 0 bridgehead atoms. The zero-order chi connectivity index (χ0) is 17.8. The number of methoxy groups -OCH3 is 1. The van der Waals surface area contributed by atoms with Crippen molar-refractivity contribution in [2.45, 2.75) is 6.42 Å². The smallest absolute Gasteiger partial charge is 0.230 e. The number of benzene rings is 2. The van der Waals surface area contributed by atoms with Crippen LogP contribution in [0.1, 0.15) is 5.69 Å². The zero-order valence-corrected chi connectivity index (χ0v) is 13.3. The van der Waals surface area contributed by atoms with Crippen molar-refractivity contribution in [1.82, 2.24) is 5.16 Å². The lowest BCUT2D eigenvalue weighted by molar-refractivity contribution is -0.115. The zero-order valence-electron chi connectivity index (χ0n) is 13.3. The number of carbonyl (C=O) groups excluding carboxylic acids is 1. The molecule has 5 nitrogen and oxygen atoms in total. The Balaban J connectivity index is 1.67. The van der Waals surface area contributed by atoms with Crippen molar-refractivity contribution in [3.05, 3.63) is 65.9 Å². The fraction of sp³-hybridized carbons (Fsp3) is 0.111. The van der Waals surface area contributed by atoms with Crippen LogP contribution in [-0.4, -0.2) is 18.2 Å². The van der Waals surface area contributed by atoms with E-state index in [-0.39, 0.29) is 23.7 Å². The van der Waals surface area contributed by atoms with E-state index in [1.165, 1.54) is 12.1 Å². The van der Waals surface area contributed by atoms with Crippen LogP contribution in [0.2, 0.25) is 0 Å². The number of amides is 1. The van der Waals surface area contributed by atoms with E-state index in [1.807, 2.05) is 0 Å². The molecule has 0 unspecified atom stereocenters. The minimum absolute atomic E-state index is 0.0433. The van der Waals surface area contributed by atoms with Crippen LogP contribution < -0.4 is 10.1 Å². The Kier molecular flexibility index (Phi) is 4.74. The SMILES string of the molecule is COc1ccc(NC(=O)Cc2cc(-c3ccc(F)cc3F)on2)cc1. The van der Waals surface area contributed by atoms with E-state index in [2.05, 4.69) is 10.5 Å². The molecular formula is C18H14F2N2O3. The van der Waals surface area contributed by atoms with E-state index in [9.17, 15) is 13.6 Å². The van der Waals surface area contributed by atoms with E-state index in [4.69, 9.17) is 9.26 Å². The third-order valence-corrected chi connectivity index (χ3v) is 3.47. The van der Waals surface area contributed by atoms with E-state index < -0.39 is 11.6 Å². The van der Waals surface area contributed by atoms with Crippen molar-refractivity contribution in [2.75, 3.05) is 12.4 Å². The van der Waals surface area contributed by atoms with Crippen LogP contribution in [0.3, 0.4) is 0 Å². The Hall–Kier alpha value is -3.22. The molecule has 0 fully saturated rings. The van der Waals surface area contributed by atoms with Gasteiger partial charge >= 0.3 is 0 Å². The fourth-order valence-electron chi connectivity index (χ4n) is 2.26. The second kappa shape index (κ2) is 7.12. The van der Waals surface area contributed by atoms with Gasteiger partial charge in [-0.2, -0.15) is 0 Å². The van der Waals surface area contributed by atoms with Crippen LogP contribution in [0.5, 0.6) is 5.75 Å². The third kappa shape index (κ3) is 4.00. The molecule has 1 N–H and O–H groups in total. The van der Waals surface area contributed by atoms with Gasteiger partial charge in [-0.3, -0.25) is 4.79 Å². The Morgan fingerprint density at radius 1 is 1.16 bits per heavy atom. The standard InChI is InChI=1S/C18H14F2N2O3/c1-24-14-5-3-12(4-6-14)21-18(23)10-13-9-17(25-22-13)15-7-2-11(19)8-16(15)20/h2-9H,10H2,1H3,(H,21,23). The van der Waals surface area contributed by atoms with E-state index >= 15 is 0 Å². The molecule has 1 aromatic heterocycles. The quantitative estimate of drug-likeness (QED) is 0.764. The summed E-state index contributed by atoms with van der Waals surface area (Å²) >= 11 is 0. The van der Waals surface area contributed by atoms with Crippen molar-refractivity contribution in [3.8, 4) is 17.1 Å². The molecule has 128 valence electrons. The van der Waals surface area contributed by atoms with Gasteiger partial charge in [-0.25, -0.2) is 8.78 Å². The van der Waals surface area contributed by atoms with Crippen molar-refractivity contribution in [1.29, 1.82) is 0 Å². The summed E-state index contributed by atoms with van der Waals surface area (Å²) in [6, 6.07) is 11.4. The molecular weight excluding hydrogens is 330 g/mol. The molecule has 0 aliphatic heterocycles. The number of hydrogen-bond donors (Lipinski definition) is 1. The summed E-state index contributed by atoms with van der Waals surface area (Å²) in [6.07, 6.45) is -0.0433. The topological polar surface area (TPSA) is 64.4 Å². The molecule has 0 radical (unpaired) electrons. The highest BCUT2D eigenvalue weighted by Gasteiger charge is 2.14. The first-order chi connectivity index (χ1) is 12.0. The fourth-order valence-corrected chi connectivity index (χ4v) is 2.26. The molecule has 0 spiro atoms. The Morgan fingerprint density at radius 2 is 1.92 bits per heavy atom. The number of hydrogen-bond acceptors (Lipinski definition) is 4. The maximum Gasteiger partial charge on any atom is 0.230 e. The van der Waals surface area contributed by atoms with Gasteiger partial charge in [-0.05, 0) is 36.4 Å². The van der Waals surface area contributed by atoms with Crippen molar-refractivity contribution in [3.63, 3.8) is 0 Å². The molecule has 0 atom stereocenters. The van der Waals surface area contributed by atoms with Crippen LogP contribution in [0.4, 0.5) is 14.5 Å². The van der Waals surface area contributed by atoms with Gasteiger partial charge in [0.05, 0.1) is 24.8 Å². The summed E-state index contributed by atoms with van der Waals surface area (Å²) in [5.74, 6) is -0.931. The van der Waals surface area contributed by atoms with Crippen LogP contribution in [0, 0.1) is 11.6 Å². The van der Waals surface area contributed by atoms with Crippen molar-refractivity contribution >= 4 is 11.6 Å². The molecule has 0 aliphatic carbocycles. The van der Waals surface area contributed by atoms with Crippen molar-refractivity contribution < 1.29 is 22.8 Å². The second-order valence-electron chi connectivity index (χ2n) is 5.26. The van der Waals surface area contributed by atoms with E-state index in [0.29, 0.717) is 17.1 Å². The molecule has 3 aromatic rings. The number of carbonyl (C=O) groups is 1. The normalized spacial score (nSPS) is 10.5. The first-order valence-electron chi connectivity index (χ1n) is 7.40. The lowest BCUT2D eigenvalue weighted by Crippen LogP contribution is -2.14. The Labute approximate surface area is 142 Å². The highest BCUT2D eigenvalue weighted by atomic mass is 19.1. The average molecular weight is 344 g/mol. The number of nitrogens with zero attached hydrogens (tertiary/aromatic N) is 1. The first kappa shape index (κ1) is 16.6. The lowest BCUT2D eigenvalue weighted by Gasteiger charge is -2.05. The van der Waals surface area contributed by atoms with Crippen LogP contribution >= 0.6 is 0 Å². The predicted octanol–water partition coefficient (Wildman–Crippen LogP) is 3.81. The summed E-state index contributed by atoms with van der Waals surface area (Å²) in [4.78, 5) is 12.0. The van der Waals surface area contributed by atoms with Crippen LogP contribution in [0.25, 0.3) is 11.3 Å². The van der Waals surface area contributed by atoms with E-state index in [0.717, 1.165) is 12.1 Å². The van der Waals surface area contributed by atoms with Gasteiger partial charge in [0.25, 0.3) is 0 Å². The molecule has 2 aromatic carbocycles. The summed E-state index contributed by atoms with van der Waals surface area (Å²) in [7, 11) is 1.56. The van der Waals surface area contributed by atoms with E-state index in [1.54, 1.807) is 31.4 Å². The van der Waals surface area contributed by atoms with Gasteiger partial charge in [-0.15, -0.1) is 0 Å². The number of ether oxygens (including phenoxy) is 1. The first-order valence-corrected chi connectivity index (χ1v) is 7.40. The highest BCUT2D eigenvalue weighted by Crippen LogP contribution is 2.24. The van der Waals surface area contributed by atoms with Gasteiger partial charge in [0.1, 0.15) is 17.4 Å². The maximum atomic E-state index is 13.7. The van der Waals surface area contributed by atoms with Gasteiger partial charge < -0.3 is 14.6 Å². The number of anilines is 1. The van der Waals surface area contributed by atoms with Gasteiger partial charge in [0.15, 0.2) is 5.76 Å². The predicted molar refractivity (Wildman–Crippen MR) is 87.2 cm³/mol. The summed E-state index contributed by atoms with van der Waals surface area (Å²) in [5, 5.41) is 6.46. The largest absolute Gasteiger partial charge is 0.497 e. The van der Waals surface area contributed by atoms with Crippen LogP contribution in [0.15, 0.2) is 53.1 Å². The molecule has 0 saturated heterocycles. The third-order valence-electron chi connectivity index (χ3n) is 3.47. The molecule has 25 heavy (non-hydrogen) atoms. The molecule has 1 amide bonds. The summed E-state index contributed by atoms with van der Waals surface area (Å²) in [5.41, 5.74) is 1.03. The maximum absolute atomic E-state index is 13.7.